The summed E-state index contributed by atoms with van der Waals surface area (Å²) >= 11 is 3.41. The lowest BCUT2D eigenvalue weighted by molar-refractivity contribution is 0.257. The molecule has 1 aromatic carbocycles. The summed E-state index contributed by atoms with van der Waals surface area (Å²) in [6.07, 6.45) is 0. The van der Waals surface area contributed by atoms with Gasteiger partial charge in [0.2, 0.25) is 5.89 Å². The van der Waals surface area contributed by atoms with E-state index in [1.54, 1.807) is 6.92 Å². The predicted molar refractivity (Wildman–Crippen MR) is 70.1 cm³/mol. The Balaban J connectivity index is 2.13. The molecule has 1 heterocycles. The standard InChI is InChI=1S/C12H14BrN3O2/c1-7(14)10-5-9(13)3-4-11(10)17-6-12-16-15-8(2)18-12/h3-5,7H,6,14H2,1-2H3. The van der Waals surface area contributed by atoms with Crippen LogP contribution >= 0.6 is 15.9 Å². The van der Waals surface area contributed by atoms with Crippen LogP contribution in [0, 0.1) is 6.92 Å². The highest BCUT2D eigenvalue weighted by atomic mass is 79.9. The van der Waals surface area contributed by atoms with Gasteiger partial charge in [-0.3, -0.25) is 0 Å². The SMILES string of the molecule is Cc1nnc(COc2ccc(Br)cc2C(C)N)o1. The zero-order valence-electron chi connectivity index (χ0n) is 10.2. The fraction of sp³-hybridized carbons (Fsp3) is 0.333. The number of aromatic nitrogens is 2. The van der Waals surface area contributed by atoms with Crippen molar-refractivity contribution in [3.63, 3.8) is 0 Å². The van der Waals surface area contributed by atoms with Crippen molar-refractivity contribution in [2.24, 2.45) is 5.73 Å². The summed E-state index contributed by atoms with van der Waals surface area (Å²) in [5.41, 5.74) is 6.84. The van der Waals surface area contributed by atoms with Gasteiger partial charge in [-0.25, -0.2) is 0 Å². The molecule has 6 heteroatoms. The number of aryl methyl sites for hydroxylation is 1. The van der Waals surface area contributed by atoms with E-state index in [9.17, 15) is 0 Å². The van der Waals surface area contributed by atoms with Crippen LogP contribution in [-0.4, -0.2) is 10.2 Å². The molecular formula is C12H14BrN3O2. The van der Waals surface area contributed by atoms with E-state index in [1.807, 2.05) is 25.1 Å². The summed E-state index contributed by atoms with van der Waals surface area (Å²) in [7, 11) is 0. The first-order valence-corrected chi connectivity index (χ1v) is 6.32. The molecule has 1 aromatic heterocycles. The fourth-order valence-corrected chi connectivity index (χ4v) is 1.92. The molecule has 0 saturated heterocycles. The van der Waals surface area contributed by atoms with Gasteiger partial charge in [0.1, 0.15) is 5.75 Å². The highest BCUT2D eigenvalue weighted by Gasteiger charge is 2.10. The number of rotatable bonds is 4. The van der Waals surface area contributed by atoms with Gasteiger partial charge < -0.3 is 14.9 Å². The lowest BCUT2D eigenvalue weighted by Gasteiger charge is -2.13. The van der Waals surface area contributed by atoms with Crippen molar-refractivity contribution in [1.29, 1.82) is 0 Å². The van der Waals surface area contributed by atoms with Crippen molar-refractivity contribution >= 4 is 15.9 Å². The molecule has 0 saturated carbocycles. The third-order valence-electron chi connectivity index (χ3n) is 2.38. The molecule has 0 aliphatic carbocycles. The smallest absolute Gasteiger partial charge is 0.253 e. The molecular weight excluding hydrogens is 298 g/mol. The number of hydrogen-bond acceptors (Lipinski definition) is 5. The largest absolute Gasteiger partial charge is 0.483 e. The maximum atomic E-state index is 5.90. The first-order valence-electron chi connectivity index (χ1n) is 5.53. The summed E-state index contributed by atoms with van der Waals surface area (Å²) in [4.78, 5) is 0. The number of ether oxygens (including phenoxy) is 1. The van der Waals surface area contributed by atoms with Crippen LogP contribution in [0.2, 0.25) is 0 Å². The Morgan fingerprint density at radius 2 is 2.22 bits per heavy atom. The van der Waals surface area contributed by atoms with E-state index < -0.39 is 0 Å². The van der Waals surface area contributed by atoms with E-state index in [1.165, 1.54) is 0 Å². The van der Waals surface area contributed by atoms with E-state index in [4.69, 9.17) is 14.9 Å². The second kappa shape index (κ2) is 5.49. The number of nitrogens with two attached hydrogens (primary N) is 1. The highest BCUT2D eigenvalue weighted by molar-refractivity contribution is 9.10. The second-order valence-electron chi connectivity index (χ2n) is 3.97. The Kier molecular flexibility index (Phi) is 3.98. The quantitative estimate of drug-likeness (QED) is 0.939. The summed E-state index contributed by atoms with van der Waals surface area (Å²) < 4.78 is 11.9. The minimum Gasteiger partial charge on any atom is -0.483 e. The Hall–Kier alpha value is -1.40. The molecule has 2 aromatic rings. The molecule has 2 rings (SSSR count). The lowest BCUT2D eigenvalue weighted by Crippen LogP contribution is -2.08. The van der Waals surface area contributed by atoms with Gasteiger partial charge >= 0.3 is 0 Å². The average molecular weight is 312 g/mol. The van der Waals surface area contributed by atoms with Gasteiger partial charge in [0.05, 0.1) is 0 Å². The summed E-state index contributed by atoms with van der Waals surface area (Å²) in [5, 5.41) is 7.61. The first kappa shape index (κ1) is 13.0. The lowest BCUT2D eigenvalue weighted by atomic mass is 10.1. The van der Waals surface area contributed by atoms with Crippen molar-refractivity contribution in [2.45, 2.75) is 26.5 Å². The average Bonchev–Trinajstić information content (AvgIpc) is 2.73. The second-order valence-corrected chi connectivity index (χ2v) is 4.89. The van der Waals surface area contributed by atoms with Crippen LogP contribution < -0.4 is 10.5 Å². The van der Waals surface area contributed by atoms with Crippen LogP contribution in [0.25, 0.3) is 0 Å². The molecule has 18 heavy (non-hydrogen) atoms. The van der Waals surface area contributed by atoms with Gasteiger partial charge in [0, 0.05) is 23.0 Å². The minimum absolute atomic E-state index is 0.109. The molecule has 0 amide bonds. The maximum absolute atomic E-state index is 5.90. The topological polar surface area (TPSA) is 74.2 Å². The molecule has 0 bridgehead atoms. The van der Waals surface area contributed by atoms with Gasteiger partial charge in [0.15, 0.2) is 6.61 Å². The van der Waals surface area contributed by atoms with Crippen LogP contribution in [0.5, 0.6) is 5.75 Å². The molecule has 0 aliphatic heterocycles. The fourth-order valence-electron chi connectivity index (χ4n) is 1.54. The first-order chi connectivity index (χ1) is 8.56. The maximum Gasteiger partial charge on any atom is 0.253 e. The zero-order valence-corrected chi connectivity index (χ0v) is 11.8. The Morgan fingerprint density at radius 3 is 2.83 bits per heavy atom. The molecule has 0 aliphatic rings. The van der Waals surface area contributed by atoms with Crippen LogP contribution in [0.3, 0.4) is 0 Å². The highest BCUT2D eigenvalue weighted by Crippen LogP contribution is 2.28. The van der Waals surface area contributed by atoms with Crippen molar-refractivity contribution in [2.75, 3.05) is 0 Å². The van der Waals surface area contributed by atoms with Gasteiger partial charge in [-0.1, -0.05) is 15.9 Å². The van der Waals surface area contributed by atoms with Crippen LogP contribution in [-0.2, 0) is 6.61 Å². The summed E-state index contributed by atoms with van der Waals surface area (Å²) in [6, 6.07) is 5.60. The zero-order chi connectivity index (χ0) is 13.1. The van der Waals surface area contributed by atoms with E-state index in [0.29, 0.717) is 11.8 Å². The Bertz CT molecular complexity index is 540. The molecule has 5 nitrogen and oxygen atoms in total. The van der Waals surface area contributed by atoms with Gasteiger partial charge in [-0.2, -0.15) is 0 Å². The molecule has 1 atom stereocenters. The van der Waals surface area contributed by atoms with Gasteiger partial charge in [0.25, 0.3) is 5.89 Å². The van der Waals surface area contributed by atoms with E-state index in [-0.39, 0.29) is 12.6 Å². The monoisotopic (exact) mass is 311 g/mol. The van der Waals surface area contributed by atoms with E-state index >= 15 is 0 Å². The number of halogens is 1. The van der Waals surface area contributed by atoms with Gasteiger partial charge in [-0.05, 0) is 25.1 Å². The van der Waals surface area contributed by atoms with E-state index in [0.717, 1.165) is 15.8 Å². The van der Waals surface area contributed by atoms with Gasteiger partial charge in [-0.15, -0.1) is 10.2 Å². The van der Waals surface area contributed by atoms with Crippen molar-refractivity contribution in [3.8, 4) is 5.75 Å². The number of hydrogen-bond donors (Lipinski definition) is 1. The van der Waals surface area contributed by atoms with Crippen LogP contribution in [0.1, 0.15) is 30.3 Å². The predicted octanol–water partition coefficient (Wildman–Crippen LogP) is 2.74. The molecule has 2 N–H and O–H groups in total. The normalized spacial score (nSPS) is 12.4. The molecule has 0 fully saturated rings. The Labute approximate surface area is 113 Å². The number of benzene rings is 1. The van der Waals surface area contributed by atoms with Crippen molar-refractivity contribution in [3.05, 3.63) is 40.0 Å². The summed E-state index contributed by atoms with van der Waals surface area (Å²) in [6.45, 7) is 3.89. The Morgan fingerprint density at radius 1 is 1.44 bits per heavy atom. The molecule has 0 spiro atoms. The molecule has 96 valence electrons. The minimum atomic E-state index is -0.109. The third kappa shape index (κ3) is 3.08. The summed E-state index contributed by atoms with van der Waals surface area (Å²) in [5.74, 6) is 1.70. The molecule has 1 unspecified atom stereocenters. The van der Waals surface area contributed by atoms with Crippen molar-refractivity contribution < 1.29 is 9.15 Å². The number of nitrogens with zero attached hydrogens (tertiary/aromatic N) is 2. The van der Waals surface area contributed by atoms with Crippen molar-refractivity contribution in [1.82, 2.24) is 10.2 Å². The van der Waals surface area contributed by atoms with E-state index in [2.05, 4.69) is 26.1 Å². The van der Waals surface area contributed by atoms with Crippen LogP contribution in [0.4, 0.5) is 0 Å². The molecule has 0 radical (unpaired) electrons. The van der Waals surface area contributed by atoms with Crippen LogP contribution in [0.15, 0.2) is 27.1 Å². The third-order valence-corrected chi connectivity index (χ3v) is 2.87.